The number of thiophene rings is 1. The van der Waals surface area contributed by atoms with Crippen molar-refractivity contribution in [3.63, 3.8) is 0 Å². The first-order valence-corrected chi connectivity index (χ1v) is 7.94. The third-order valence-corrected chi connectivity index (χ3v) is 4.08. The van der Waals surface area contributed by atoms with Gasteiger partial charge in [-0.3, -0.25) is 0 Å². The molecule has 0 saturated heterocycles. The summed E-state index contributed by atoms with van der Waals surface area (Å²) in [5.41, 5.74) is 0. The van der Waals surface area contributed by atoms with Gasteiger partial charge in [0.25, 0.3) is 0 Å². The standard InChI is InChI=1S/C12H17IO2S/c1-2-15-12(14)11-8-7-10(16-11)6-4-3-5-9-13/h7-8H,2-6,9H2,1H3. The van der Waals surface area contributed by atoms with Crippen molar-refractivity contribution in [2.45, 2.75) is 32.6 Å². The number of unbranched alkanes of at least 4 members (excludes halogenated alkanes) is 2. The Kier molecular flexibility index (Phi) is 7.03. The molecule has 0 aliphatic heterocycles. The van der Waals surface area contributed by atoms with Gasteiger partial charge in [0.15, 0.2) is 0 Å². The lowest BCUT2D eigenvalue weighted by atomic mass is 10.2. The van der Waals surface area contributed by atoms with Crippen molar-refractivity contribution in [3.05, 3.63) is 21.9 Å². The molecule has 0 aliphatic rings. The van der Waals surface area contributed by atoms with Crippen molar-refractivity contribution < 1.29 is 9.53 Å². The third kappa shape index (κ3) is 4.82. The Bertz CT molecular complexity index is 323. The lowest BCUT2D eigenvalue weighted by Crippen LogP contribution is -2.01. The second kappa shape index (κ2) is 8.06. The molecule has 1 heterocycles. The van der Waals surface area contributed by atoms with Crippen LogP contribution in [-0.2, 0) is 11.2 Å². The molecule has 90 valence electrons. The van der Waals surface area contributed by atoms with Gasteiger partial charge >= 0.3 is 5.97 Å². The summed E-state index contributed by atoms with van der Waals surface area (Å²) in [5.74, 6) is -0.189. The van der Waals surface area contributed by atoms with E-state index in [1.807, 2.05) is 19.1 Å². The Balaban J connectivity index is 2.36. The van der Waals surface area contributed by atoms with E-state index < -0.39 is 0 Å². The maximum atomic E-state index is 11.4. The van der Waals surface area contributed by atoms with Crippen LogP contribution in [0.2, 0.25) is 0 Å². The van der Waals surface area contributed by atoms with Gasteiger partial charge in [0, 0.05) is 4.88 Å². The van der Waals surface area contributed by atoms with Gasteiger partial charge < -0.3 is 4.74 Å². The second-order valence-corrected chi connectivity index (χ2v) is 5.73. The average Bonchev–Trinajstić information content (AvgIpc) is 2.73. The molecule has 0 amide bonds. The van der Waals surface area contributed by atoms with Gasteiger partial charge in [-0.1, -0.05) is 29.0 Å². The van der Waals surface area contributed by atoms with Gasteiger partial charge in [-0.2, -0.15) is 0 Å². The molecular weight excluding hydrogens is 335 g/mol. The zero-order valence-corrected chi connectivity index (χ0v) is 12.5. The first-order chi connectivity index (χ1) is 7.77. The van der Waals surface area contributed by atoms with E-state index in [2.05, 4.69) is 22.6 Å². The highest BCUT2D eigenvalue weighted by molar-refractivity contribution is 14.1. The number of hydrogen-bond donors (Lipinski definition) is 0. The summed E-state index contributed by atoms with van der Waals surface area (Å²) in [4.78, 5) is 13.4. The van der Waals surface area contributed by atoms with Crippen LogP contribution in [0.1, 0.15) is 40.7 Å². The SMILES string of the molecule is CCOC(=O)c1ccc(CCCCCI)s1. The minimum Gasteiger partial charge on any atom is -0.462 e. The number of carbonyl (C=O) groups is 1. The van der Waals surface area contributed by atoms with E-state index in [4.69, 9.17) is 4.74 Å². The molecule has 2 nitrogen and oxygen atoms in total. The lowest BCUT2D eigenvalue weighted by molar-refractivity contribution is 0.0532. The minimum atomic E-state index is -0.189. The fourth-order valence-corrected chi connectivity index (χ4v) is 2.88. The molecule has 0 spiro atoms. The highest BCUT2D eigenvalue weighted by Crippen LogP contribution is 2.19. The molecule has 0 N–H and O–H groups in total. The molecule has 0 aromatic carbocycles. The highest BCUT2D eigenvalue weighted by Gasteiger charge is 2.09. The maximum absolute atomic E-state index is 11.4. The van der Waals surface area contributed by atoms with Crippen LogP contribution < -0.4 is 0 Å². The third-order valence-electron chi connectivity index (χ3n) is 2.20. The Morgan fingerprint density at radius 1 is 1.38 bits per heavy atom. The van der Waals surface area contributed by atoms with E-state index in [-0.39, 0.29) is 5.97 Å². The molecule has 0 saturated carbocycles. The topological polar surface area (TPSA) is 26.3 Å². The zero-order chi connectivity index (χ0) is 11.8. The van der Waals surface area contributed by atoms with E-state index in [1.54, 1.807) is 11.3 Å². The predicted molar refractivity (Wildman–Crippen MR) is 76.7 cm³/mol. The van der Waals surface area contributed by atoms with E-state index in [9.17, 15) is 4.79 Å². The number of alkyl halides is 1. The van der Waals surface area contributed by atoms with Crippen LogP contribution in [0.15, 0.2) is 12.1 Å². The highest BCUT2D eigenvalue weighted by atomic mass is 127. The summed E-state index contributed by atoms with van der Waals surface area (Å²) in [6, 6.07) is 3.91. The molecular formula is C12H17IO2S. The van der Waals surface area contributed by atoms with Crippen LogP contribution in [0.4, 0.5) is 0 Å². The molecule has 0 unspecified atom stereocenters. The summed E-state index contributed by atoms with van der Waals surface area (Å²) in [6.45, 7) is 2.28. The minimum absolute atomic E-state index is 0.189. The fourth-order valence-electron chi connectivity index (χ4n) is 1.39. The average molecular weight is 352 g/mol. The molecule has 0 atom stereocenters. The number of rotatable bonds is 7. The smallest absolute Gasteiger partial charge is 0.348 e. The van der Waals surface area contributed by atoms with Crippen molar-refractivity contribution in [3.8, 4) is 0 Å². The van der Waals surface area contributed by atoms with Crippen molar-refractivity contribution >= 4 is 39.9 Å². The van der Waals surface area contributed by atoms with Gasteiger partial charge in [0.2, 0.25) is 0 Å². The zero-order valence-electron chi connectivity index (χ0n) is 9.50. The maximum Gasteiger partial charge on any atom is 0.348 e. The molecule has 0 aliphatic carbocycles. The van der Waals surface area contributed by atoms with Crippen LogP contribution in [0.5, 0.6) is 0 Å². The fraction of sp³-hybridized carbons (Fsp3) is 0.583. The molecule has 0 radical (unpaired) electrons. The quantitative estimate of drug-likeness (QED) is 0.320. The lowest BCUT2D eigenvalue weighted by Gasteiger charge is -1.98. The van der Waals surface area contributed by atoms with E-state index in [0.29, 0.717) is 6.61 Å². The summed E-state index contributed by atoms with van der Waals surface area (Å²) >= 11 is 3.97. The van der Waals surface area contributed by atoms with Gasteiger partial charge in [0.05, 0.1) is 6.61 Å². The van der Waals surface area contributed by atoms with Crippen LogP contribution in [0, 0.1) is 0 Å². The van der Waals surface area contributed by atoms with E-state index >= 15 is 0 Å². The molecule has 4 heteroatoms. The second-order valence-electron chi connectivity index (χ2n) is 3.49. The number of halogens is 1. The normalized spacial score (nSPS) is 10.4. The number of hydrogen-bond acceptors (Lipinski definition) is 3. The van der Waals surface area contributed by atoms with Gasteiger partial charge in [0.1, 0.15) is 4.88 Å². The van der Waals surface area contributed by atoms with E-state index in [1.165, 1.54) is 28.6 Å². The summed E-state index contributed by atoms with van der Waals surface area (Å²) in [5, 5.41) is 0. The van der Waals surface area contributed by atoms with Crippen molar-refractivity contribution in [2.24, 2.45) is 0 Å². The Hall–Kier alpha value is -0.100. The summed E-state index contributed by atoms with van der Waals surface area (Å²) < 4.78 is 6.19. The summed E-state index contributed by atoms with van der Waals surface area (Å²) in [6.07, 6.45) is 4.86. The van der Waals surface area contributed by atoms with Gasteiger partial charge in [-0.05, 0) is 42.7 Å². The van der Waals surface area contributed by atoms with Crippen molar-refractivity contribution in [2.75, 3.05) is 11.0 Å². The van der Waals surface area contributed by atoms with E-state index in [0.717, 1.165) is 11.3 Å². The molecule has 1 aromatic heterocycles. The number of aryl methyl sites for hydroxylation is 1. The van der Waals surface area contributed by atoms with Crippen molar-refractivity contribution in [1.82, 2.24) is 0 Å². The Labute approximate surface area is 115 Å². The van der Waals surface area contributed by atoms with Crippen LogP contribution in [0.25, 0.3) is 0 Å². The predicted octanol–water partition coefficient (Wildman–Crippen LogP) is 4.07. The molecule has 16 heavy (non-hydrogen) atoms. The molecule has 1 rings (SSSR count). The molecule has 0 bridgehead atoms. The number of carbonyl (C=O) groups excluding carboxylic acids is 1. The first kappa shape index (κ1) is 14.0. The molecule has 0 fully saturated rings. The number of esters is 1. The van der Waals surface area contributed by atoms with Crippen LogP contribution in [-0.4, -0.2) is 17.0 Å². The van der Waals surface area contributed by atoms with Gasteiger partial charge in [-0.25, -0.2) is 4.79 Å². The van der Waals surface area contributed by atoms with Crippen LogP contribution >= 0.6 is 33.9 Å². The number of ether oxygens (including phenoxy) is 1. The van der Waals surface area contributed by atoms with Crippen LogP contribution in [0.3, 0.4) is 0 Å². The molecule has 1 aromatic rings. The largest absolute Gasteiger partial charge is 0.462 e. The van der Waals surface area contributed by atoms with Crippen molar-refractivity contribution in [1.29, 1.82) is 0 Å². The summed E-state index contributed by atoms with van der Waals surface area (Å²) in [7, 11) is 0. The Morgan fingerprint density at radius 3 is 2.88 bits per heavy atom. The Morgan fingerprint density at radius 2 is 2.19 bits per heavy atom. The first-order valence-electron chi connectivity index (χ1n) is 5.59. The monoisotopic (exact) mass is 352 g/mol. The van der Waals surface area contributed by atoms with Gasteiger partial charge in [-0.15, -0.1) is 11.3 Å².